The molecule has 6 aromatic rings. The minimum Gasteiger partial charge on any atom is -0.495 e. The minimum absolute atomic E-state index is 0.133. The number of aromatic nitrogens is 2. The zero-order valence-corrected chi connectivity index (χ0v) is 49.2. The Labute approximate surface area is 477 Å². The molecule has 6 rings (SSSR count). The number of carbonyl (C=O) groups excluding carboxylic acids is 4. The number of hydrogen-bond donors (Lipinski definition) is 4. The van der Waals surface area contributed by atoms with E-state index >= 15 is 0 Å². The van der Waals surface area contributed by atoms with Crippen LogP contribution in [0.5, 0.6) is 11.5 Å². The number of unbranched alkanes of at least 4 members (excludes halogenated alkanes) is 20. The first kappa shape index (κ1) is 62.4. The standard InChI is InChI=1S/C68H92N6O6/c1-7-11-15-19-23-27-39-61(75)71-57-45-51(46-58(69-57)72-62(76)40-28-24-20-16-12-8-2)55-43-49-35-31-33-37-53(49)65(67(55)79-5)66-54-38-34-32-36-50(54)44-56(68(66)80-6)52-47-59(73-63(77)41-29-25-21-17-13-9-3)70-60(48-52)74-64(78)42-30-26-22-18-14-10-4/h31-38,43-48H,7-30,39-42H2,1-6H3,(H2,69,71,72,75,76)(H2,70,73,74,77,78). The van der Waals surface area contributed by atoms with Crippen LogP contribution in [-0.2, 0) is 19.2 Å². The Morgan fingerprint density at radius 3 is 0.900 bits per heavy atom. The molecule has 0 aliphatic carbocycles. The number of pyridine rings is 2. The van der Waals surface area contributed by atoms with Crippen LogP contribution in [0.4, 0.5) is 23.3 Å². The van der Waals surface area contributed by atoms with Crippen molar-refractivity contribution in [1.29, 1.82) is 0 Å². The summed E-state index contributed by atoms with van der Waals surface area (Å²) in [6, 6.07) is 27.9. The van der Waals surface area contributed by atoms with Crippen LogP contribution in [-0.4, -0.2) is 47.8 Å². The van der Waals surface area contributed by atoms with Gasteiger partial charge >= 0.3 is 0 Å². The van der Waals surface area contributed by atoms with E-state index in [1.807, 2.05) is 48.5 Å². The third-order valence-electron chi connectivity index (χ3n) is 15.0. The third-order valence-corrected chi connectivity index (χ3v) is 15.0. The molecule has 12 nitrogen and oxygen atoms in total. The molecule has 0 aliphatic heterocycles. The molecule has 0 saturated carbocycles. The van der Waals surface area contributed by atoms with Crippen LogP contribution in [0.15, 0.2) is 84.9 Å². The van der Waals surface area contributed by atoms with Crippen LogP contribution in [0.3, 0.4) is 0 Å². The number of methoxy groups -OCH3 is 2. The average Bonchev–Trinajstić information content (AvgIpc) is 3.64. The number of amides is 4. The van der Waals surface area contributed by atoms with E-state index in [0.717, 1.165) is 161 Å². The molecule has 2 heterocycles. The third kappa shape index (κ3) is 19.2. The molecule has 0 unspecified atom stereocenters. The lowest BCUT2D eigenvalue weighted by Gasteiger charge is -2.23. The molecule has 12 heteroatoms. The lowest BCUT2D eigenvalue weighted by molar-refractivity contribution is -0.117. The maximum Gasteiger partial charge on any atom is 0.225 e. The summed E-state index contributed by atoms with van der Waals surface area (Å²) in [5, 5.41) is 16.0. The van der Waals surface area contributed by atoms with Crippen molar-refractivity contribution in [3.63, 3.8) is 0 Å². The van der Waals surface area contributed by atoms with Gasteiger partial charge in [-0.2, -0.15) is 0 Å². The van der Waals surface area contributed by atoms with E-state index < -0.39 is 0 Å². The topological polar surface area (TPSA) is 161 Å². The Balaban J connectivity index is 1.48. The van der Waals surface area contributed by atoms with Crippen molar-refractivity contribution in [2.24, 2.45) is 0 Å². The molecule has 430 valence electrons. The van der Waals surface area contributed by atoms with Crippen molar-refractivity contribution in [2.45, 2.75) is 207 Å². The van der Waals surface area contributed by atoms with Crippen molar-refractivity contribution >= 4 is 68.4 Å². The molecule has 0 saturated heterocycles. The predicted octanol–water partition coefficient (Wildman–Crippen LogP) is 18.6. The first-order valence-corrected chi connectivity index (χ1v) is 30.5. The molecular formula is C68H92N6O6. The number of ether oxygens (including phenoxy) is 2. The summed E-state index contributed by atoms with van der Waals surface area (Å²) in [6.07, 6.45) is 26.9. The fourth-order valence-corrected chi connectivity index (χ4v) is 10.7. The minimum atomic E-state index is -0.133. The molecule has 0 fully saturated rings. The fourth-order valence-electron chi connectivity index (χ4n) is 10.7. The van der Waals surface area contributed by atoms with Crippen LogP contribution in [0.2, 0.25) is 0 Å². The molecule has 0 spiro atoms. The number of nitrogens with zero attached hydrogens (tertiary/aromatic N) is 2. The number of carbonyl (C=O) groups is 4. The lowest BCUT2D eigenvalue weighted by atomic mass is 9.86. The predicted molar refractivity (Wildman–Crippen MR) is 333 cm³/mol. The average molecular weight is 1090 g/mol. The Morgan fingerprint density at radius 1 is 0.362 bits per heavy atom. The summed E-state index contributed by atoms with van der Waals surface area (Å²) in [5.74, 6) is 1.88. The Hall–Kier alpha value is -6.82. The van der Waals surface area contributed by atoms with Gasteiger partial charge in [0.25, 0.3) is 0 Å². The summed E-state index contributed by atoms with van der Waals surface area (Å²) in [6.45, 7) is 8.79. The maximum absolute atomic E-state index is 13.6. The van der Waals surface area contributed by atoms with Crippen LogP contribution in [0.25, 0.3) is 54.9 Å². The summed E-state index contributed by atoms with van der Waals surface area (Å²) in [7, 11) is 3.32. The van der Waals surface area contributed by atoms with Crippen LogP contribution >= 0.6 is 0 Å². The van der Waals surface area contributed by atoms with Crippen molar-refractivity contribution in [2.75, 3.05) is 35.5 Å². The first-order chi connectivity index (χ1) is 39.1. The normalized spacial score (nSPS) is 11.2. The molecule has 4 aromatic carbocycles. The van der Waals surface area contributed by atoms with E-state index in [9.17, 15) is 19.2 Å². The van der Waals surface area contributed by atoms with Gasteiger partial charge in [-0.25, -0.2) is 9.97 Å². The van der Waals surface area contributed by atoms with Crippen molar-refractivity contribution in [3.8, 4) is 44.9 Å². The number of rotatable bonds is 37. The molecular weight excluding hydrogens is 997 g/mol. The van der Waals surface area contributed by atoms with Crippen LogP contribution in [0, 0.1) is 0 Å². The summed E-state index contributed by atoms with van der Waals surface area (Å²) < 4.78 is 13.2. The second-order valence-electron chi connectivity index (χ2n) is 21.6. The van der Waals surface area contributed by atoms with E-state index in [4.69, 9.17) is 19.4 Å². The van der Waals surface area contributed by atoms with Gasteiger partial charge in [0.1, 0.15) is 34.8 Å². The molecule has 0 aliphatic rings. The molecule has 0 radical (unpaired) electrons. The zero-order chi connectivity index (χ0) is 56.9. The Bertz CT molecular complexity index is 2640. The van der Waals surface area contributed by atoms with E-state index in [-0.39, 0.29) is 23.6 Å². The summed E-state index contributed by atoms with van der Waals surface area (Å²) >= 11 is 0. The van der Waals surface area contributed by atoms with Crippen LogP contribution in [0.1, 0.15) is 207 Å². The quantitative estimate of drug-likeness (QED) is 0.0281. The van der Waals surface area contributed by atoms with E-state index in [0.29, 0.717) is 82.7 Å². The molecule has 0 atom stereocenters. The number of fused-ring (bicyclic) bond motifs is 2. The Morgan fingerprint density at radius 2 is 0.625 bits per heavy atom. The number of nitrogens with one attached hydrogen (secondary N) is 4. The number of benzene rings is 4. The largest absolute Gasteiger partial charge is 0.495 e. The van der Waals surface area contributed by atoms with Gasteiger partial charge < -0.3 is 30.7 Å². The highest BCUT2D eigenvalue weighted by molar-refractivity contribution is 6.14. The van der Waals surface area contributed by atoms with Crippen LogP contribution < -0.4 is 30.7 Å². The molecule has 4 amide bonds. The van der Waals surface area contributed by atoms with Gasteiger partial charge in [0.2, 0.25) is 23.6 Å². The highest BCUT2D eigenvalue weighted by Gasteiger charge is 2.26. The number of hydrogen-bond acceptors (Lipinski definition) is 8. The van der Waals surface area contributed by atoms with Gasteiger partial charge in [0, 0.05) is 47.9 Å². The second-order valence-corrected chi connectivity index (χ2v) is 21.6. The monoisotopic (exact) mass is 1090 g/mol. The number of anilines is 4. The second kappa shape index (κ2) is 34.4. The highest BCUT2D eigenvalue weighted by Crippen LogP contribution is 2.52. The molecule has 0 bridgehead atoms. The fraction of sp³-hybridized carbons (Fsp3) is 0.500. The van der Waals surface area contributed by atoms with Crippen molar-refractivity contribution in [3.05, 3.63) is 84.9 Å². The Kier molecular flexibility index (Phi) is 26.8. The van der Waals surface area contributed by atoms with E-state index in [1.165, 1.54) is 25.7 Å². The van der Waals surface area contributed by atoms with E-state index in [2.05, 4.69) is 85.4 Å². The van der Waals surface area contributed by atoms with Gasteiger partial charge in [0.15, 0.2) is 0 Å². The molecule has 4 N–H and O–H groups in total. The van der Waals surface area contributed by atoms with Gasteiger partial charge in [-0.05, 0) is 94.8 Å². The van der Waals surface area contributed by atoms with Gasteiger partial charge in [-0.1, -0.05) is 205 Å². The maximum atomic E-state index is 13.6. The highest BCUT2D eigenvalue weighted by atomic mass is 16.5. The van der Waals surface area contributed by atoms with Gasteiger partial charge in [0.05, 0.1) is 14.2 Å². The van der Waals surface area contributed by atoms with Crippen molar-refractivity contribution in [1.82, 2.24) is 9.97 Å². The van der Waals surface area contributed by atoms with Crippen molar-refractivity contribution < 1.29 is 28.7 Å². The van der Waals surface area contributed by atoms with Gasteiger partial charge in [-0.15, -0.1) is 0 Å². The lowest BCUT2D eigenvalue weighted by Crippen LogP contribution is -2.16. The smallest absolute Gasteiger partial charge is 0.225 e. The zero-order valence-electron chi connectivity index (χ0n) is 49.2. The first-order valence-electron chi connectivity index (χ1n) is 30.5. The molecule has 2 aromatic heterocycles. The van der Waals surface area contributed by atoms with E-state index in [1.54, 1.807) is 14.2 Å². The SMILES string of the molecule is CCCCCCCCC(=O)Nc1cc(-c2cc3ccccc3c(-c3c(OC)c(-c4cc(NC(=O)CCCCCCCC)nc(NC(=O)CCCCCCCC)c4)cc4ccccc34)c2OC)cc(NC(=O)CCCCCCCC)n1. The summed E-state index contributed by atoms with van der Waals surface area (Å²) in [5.41, 5.74) is 4.34. The van der Waals surface area contributed by atoms with Gasteiger partial charge in [-0.3, -0.25) is 19.2 Å². The summed E-state index contributed by atoms with van der Waals surface area (Å²) in [4.78, 5) is 64.0. The molecule has 80 heavy (non-hydrogen) atoms.